The van der Waals surface area contributed by atoms with Crippen molar-refractivity contribution in [3.63, 3.8) is 0 Å². The van der Waals surface area contributed by atoms with Crippen molar-refractivity contribution < 1.29 is 14.6 Å². The first-order chi connectivity index (χ1) is 7.72. The van der Waals surface area contributed by atoms with Crippen LogP contribution in [0.3, 0.4) is 0 Å². The number of amides is 1. The number of aliphatic hydroxyl groups excluding tert-OH is 1. The lowest BCUT2D eigenvalue weighted by Gasteiger charge is -2.09. The molecule has 0 aromatic rings. The van der Waals surface area contributed by atoms with Crippen LogP contribution in [0.4, 0.5) is 0 Å². The highest BCUT2D eigenvalue weighted by Crippen LogP contribution is 2.18. The Morgan fingerprint density at radius 3 is 2.88 bits per heavy atom. The largest absolute Gasteiger partial charge is 0.391 e. The highest BCUT2D eigenvalue weighted by Gasteiger charge is 2.22. The number of hydrogen-bond acceptors (Lipinski definition) is 4. The van der Waals surface area contributed by atoms with Gasteiger partial charge in [0.15, 0.2) is 0 Å². The van der Waals surface area contributed by atoms with Gasteiger partial charge in [-0.15, -0.1) is 0 Å². The third-order valence-corrected chi connectivity index (χ3v) is 2.48. The van der Waals surface area contributed by atoms with Gasteiger partial charge in [-0.25, -0.2) is 0 Å². The van der Waals surface area contributed by atoms with Crippen molar-refractivity contribution >= 4 is 5.91 Å². The molecule has 1 saturated carbocycles. The number of methoxy groups -OCH3 is 1. The van der Waals surface area contributed by atoms with Crippen LogP contribution in [0.15, 0.2) is 0 Å². The van der Waals surface area contributed by atoms with Crippen molar-refractivity contribution in [1.82, 2.24) is 10.6 Å². The zero-order chi connectivity index (χ0) is 11.8. The molecule has 5 heteroatoms. The van der Waals surface area contributed by atoms with Gasteiger partial charge < -0.3 is 20.5 Å². The van der Waals surface area contributed by atoms with Crippen molar-refractivity contribution in [3.05, 3.63) is 0 Å². The second-order valence-corrected chi connectivity index (χ2v) is 4.24. The van der Waals surface area contributed by atoms with Crippen molar-refractivity contribution in [2.24, 2.45) is 0 Å². The SMILES string of the molecule is COCC(O)CCNCCC(=O)NC1CC1. The van der Waals surface area contributed by atoms with E-state index >= 15 is 0 Å². The summed E-state index contributed by atoms with van der Waals surface area (Å²) in [7, 11) is 1.57. The maximum absolute atomic E-state index is 11.3. The predicted molar refractivity (Wildman–Crippen MR) is 61.2 cm³/mol. The van der Waals surface area contributed by atoms with Gasteiger partial charge in [-0.05, 0) is 25.8 Å². The molecular formula is C11H22N2O3. The molecule has 1 unspecified atom stereocenters. The van der Waals surface area contributed by atoms with Crippen LogP contribution in [0.2, 0.25) is 0 Å². The highest BCUT2D eigenvalue weighted by molar-refractivity contribution is 5.76. The summed E-state index contributed by atoms with van der Waals surface area (Å²) in [5.74, 6) is 0.118. The molecule has 0 aromatic carbocycles. The third kappa shape index (κ3) is 6.76. The fraction of sp³-hybridized carbons (Fsp3) is 0.909. The monoisotopic (exact) mass is 230 g/mol. The van der Waals surface area contributed by atoms with Gasteiger partial charge in [-0.1, -0.05) is 0 Å². The molecule has 0 heterocycles. The third-order valence-electron chi connectivity index (χ3n) is 2.48. The Bertz CT molecular complexity index is 207. The van der Waals surface area contributed by atoms with Crippen LogP contribution in [0, 0.1) is 0 Å². The number of carbonyl (C=O) groups is 1. The van der Waals surface area contributed by atoms with E-state index in [-0.39, 0.29) is 5.91 Å². The van der Waals surface area contributed by atoms with Crippen molar-refractivity contribution in [3.8, 4) is 0 Å². The molecule has 0 saturated heterocycles. The minimum atomic E-state index is -0.419. The van der Waals surface area contributed by atoms with Gasteiger partial charge in [0.2, 0.25) is 5.91 Å². The topological polar surface area (TPSA) is 70.6 Å². The molecule has 1 atom stereocenters. The second-order valence-electron chi connectivity index (χ2n) is 4.24. The average Bonchev–Trinajstić information content (AvgIpc) is 3.01. The minimum Gasteiger partial charge on any atom is -0.391 e. The summed E-state index contributed by atoms with van der Waals surface area (Å²) < 4.78 is 4.81. The molecule has 5 nitrogen and oxygen atoms in total. The summed E-state index contributed by atoms with van der Waals surface area (Å²) >= 11 is 0. The Morgan fingerprint density at radius 1 is 1.50 bits per heavy atom. The summed E-state index contributed by atoms with van der Waals surface area (Å²) in [4.78, 5) is 11.3. The van der Waals surface area contributed by atoms with Crippen LogP contribution in [0.25, 0.3) is 0 Å². The lowest BCUT2D eigenvalue weighted by molar-refractivity contribution is -0.121. The van der Waals surface area contributed by atoms with E-state index in [0.29, 0.717) is 38.6 Å². The van der Waals surface area contributed by atoms with E-state index in [1.165, 1.54) is 0 Å². The molecule has 16 heavy (non-hydrogen) atoms. The van der Waals surface area contributed by atoms with Gasteiger partial charge in [0, 0.05) is 26.1 Å². The lowest BCUT2D eigenvalue weighted by Crippen LogP contribution is -2.30. The predicted octanol–water partition coefficient (Wildman–Crippen LogP) is -0.358. The minimum absolute atomic E-state index is 0.118. The van der Waals surface area contributed by atoms with E-state index in [2.05, 4.69) is 10.6 Å². The molecule has 1 rings (SSSR count). The van der Waals surface area contributed by atoms with Crippen molar-refractivity contribution in [2.45, 2.75) is 37.8 Å². The van der Waals surface area contributed by atoms with Gasteiger partial charge in [0.05, 0.1) is 12.7 Å². The summed E-state index contributed by atoms with van der Waals surface area (Å²) in [5.41, 5.74) is 0. The fourth-order valence-electron chi connectivity index (χ4n) is 1.40. The Balaban J connectivity index is 1.84. The van der Waals surface area contributed by atoms with Crippen molar-refractivity contribution in [1.29, 1.82) is 0 Å². The number of nitrogens with one attached hydrogen (secondary N) is 2. The van der Waals surface area contributed by atoms with Gasteiger partial charge in [0.1, 0.15) is 0 Å². The smallest absolute Gasteiger partial charge is 0.221 e. The van der Waals surface area contributed by atoms with Crippen LogP contribution < -0.4 is 10.6 Å². The van der Waals surface area contributed by atoms with Crippen LogP contribution in [0.5, 0.6) is 0 Å². The zero-order valence-corrected chi connectivity index (χ0v) is 9.87. The molecule has 3 N–H and O–H groups in total. The van der Waals surface area contributed by atoms with Crippen LogP contribution >= 0.6 is 0 Å². The van der Waals surface area contributed by atoms with Crippen LogP contribution in [-0.2, 0) is 9.53 Å². The summed E-state index contributed by atoms with van der Waals surface area (Å²) in [5, 5.41) is 15.4. The molecular weight excluding hydrogens is 208 g/mol. The Labute approximate surface area is 96.6 Å². The molecule has 94 valence electrons. The van der Waals surface area contributed by atoms with Gasteiger partial charge in [-0.2, -0.15) is 0 Å². The molecule has 1 aliphatic carbocycles. The number of carbonyl (C=O) groups excluding carboxylic acids is 1. The van der Waals surface area contributed by atoms with E-state index in [1.54, 1.807) is 7.11 Å². The molecule has 0 aliphatic heterocycles. The first kappa shape index (κ1) is 13.4. The Hall–Kier alpha value is -0.650. The average molecular weight is 230 g/mol. The van der Waals surface area contributed by atoms with E-state index in [0.717, 1.165) is 12.8 Å². The van der Waals surface area contributed by atoms with Crippen LogP contribution in [-0.4, -0.2) is 50.0 Å². The highest BCUT2D eigenvalue weighted by atomic mass is 16.5. The van der Waals surface area contributed by atoms with E-state index in [4.69, 9.17) is 4.74 Å². The summed E-state index contributed by atoms with van der Waals surface area (Å²) in [6.07, 6.45) is 3.00. The Kier molecular flexibility index (Phi) is 6.37. The molecule has 1 aliphatic rings. The van der Waals surface area contributed by atoms with E-state index in [9.17, 15) is 9.90 Å². The lowest BCUT2D eigenvalue weighted by atomic mass is 10.2. The van der Waals surface area contributed by atoms with Gasteiger partial charge in [0.25, 0.3) is 0 Å². The van der Waals surface area contributed by atoms with E-state index in [1.807, 2.05) is 0 Å². The maximum Gasteiger partial charge on any atom is 0.221 e. The summed E-state index contributed by atoms with van der Waals surface area (Å²) in [6, 6.07) is 0.441. The standard InChI is InChI=1S/C11H22N2O3/c1-16-8-10(14)4-6-12-7-5-11(15)13-9-2-3-9/h9-10,12,14H,2-8H2,1H3,(H,13,15). The van der Waals surface area contributed by atoms with Gasteiger partial charge >= 0.3 is 0 Å². The first-order valence-corrected chi connectivity index (χ1v) is 5.89. The second kappa shape index (κ2) is 7.60. The molecule has 1 amide bonds. The molecule has 1 fully saturated rings. The van der Waals surface area contributed by atoms with Crippen molar-refractivity contribution in [2.75, 3.05) is 26.8 Å². The number of ether oxygens (including phenoxy) is 1. The molecule has 0 aromatic heterocycles. The summed E-state index contributed by atoms with van der Waals surface area (Å²) in [6.45, 7) is 1.74. The number of rotatable bonds is 9. The number of hydrogen-bond donors (Lipinski definition) is 3. The zero-order valence-electron chi connectivity index (χ0n) is 9.87. The molecule has 0 radical (unpaired) electrons. The van der Waals surface area contributed by atoms with Gasteiger partial charge in [-0.3, -0.25) is 4.79 Å². The normalized spacial score (nSPS) is 17.1. The number of aliphatic hydroxyl groups is 1. The fourth-order valence-corrected chi connectivity index (χ4v) is 1.40. The Morgan fingerprint density at radius 2 is 2.25 bits per heavy atom. The van der Waals surface area contributed by atoms with Crippen LogP contribution in [0.1, 0.15) is 25.7 Å². The van der Waals surface area contributed by atoms with E-state index < -0.39 is 6.10 Å². The molecule has 0 spiro atoms. The quantitative estimate of drug-likeness (QED) is 0.473. The maximum atomic E-state index is 11.3. The first-order valence-electron chi connectivity index (χ1n) is 5.89. The molecule has 0 bridgehead atoms.